The maximum Gasteiger partial charge on any atom is 0.131 e. The highest BCUT2D eigenvalue weighted by atomic mass is 16.5. The lowest BCUT2D eigenvalue weighted by Gasteiger charge is -2.11. The molecule has 2 rings (SSSR count). The summed E-state index contributed by atoms with van der Waals surface area (Å²) in [6, 6.07) is 15.4. The molecule has 0 saturated carbocycles. The first-order chi connectivity index (χ1) is 8.83. The molecular weight excluding hydrogens is 226 g/mol. The largest absolute Gasteiger partial charge is 0.457 e. The maximum atomic E-state index is 8.98. The average Bonchev–Trinajstić information content (AvgIpc) is 2.42. The van der Waals surface area contributed by atoms with E-state index in [0.29, 0.717) is 0 Å². The monoisotopic (exact) mass is 243 g/mol. The van der Waals surface area contributed by atoms with Crippen molar-refractivity contribution in [1.29, 1.82) is 0 Å². The number of nitrogens with one attached hydrogen (secondary N) is 1. The summed E-state index contributed by atoms with van der Waals surface area (Å²) in [6.45, 7) is 0.821. The number of hydrogen-bond donors (Lipinski definition) is 2. The first-order valence-electron chi connectivity index (χ1n) is 5.93. The lowest BCUT2D eigenvalue weighted by molar-refractivity contribution is 0.281. The van der Waals surface area contributed by atoms with E-state index >= 15 is 0 Å². The normalized spacial score (nSPS) is 10.3. The van der Waals surface area contributed by atoms with Crippen molar-refractivity contribution in [1.82, 2.24) is 5.32 Å². The van der Waals surface area contributed by atoms with Crippen molar-refractivity contribution in [2.24, 2.45) is 0 Å². The van der Waals surface area contributed by atoms with Gasteiger partial charge in [0.1, 0.15) is 11.5 Å². The summed E-state index contributed by atoms with van der Waals surface area (Å²) in [4.78, 5) is 0. The molecule has 0 saturated heterocycles. The highest BCUT2D eigenvalue weighted by molar-refractivity contribution is 5.38. The van der Waals surface area contributed by atoms with Crippen LogP contribution in [0.5, 0.6) is 11.5 Å². The van der Waals surface area contributed by atoms with E-state index in [1.54, 1.807) is 0 Å². The Morgan fingerprint density at radius 1 is 1.06 bits per heavy atom. The summed E-state index contributed by atoms with van der Waals surface area (Å²) in [5, 5.41) is 12.1. The molecule has 0 unspecified atom stereocenters. The maximum absolute atomic E-state index is 8.98. The summed E-state index contributed by atoms with van der Waals surface area (Å²) in [7, 11) is 1.91. The van der Waals surface area contributed by atoms with E-state index in [9.17, 15) is 0 Å². The van der Waals surface area contributed by atoms with Gasteiger partial charge in [0.25, 0.3) is 0 Å². The fourth-order valence-corrected chi connectivity index (χ4v) is 1.73. The Labute approximate surface area is 107 Å². The minimum absolute atomic E-state index is 0.0522. The third kappa shape index (κ3) is 3.09. The second-order valence-electron chi connectivity index (χ2n) is 4.04. The Morgan fingerprint density at radius 3 is 2.44 bits per heavy atom. The lowest BCUT2D eigenvalue weighted by atomic mass is 10.2. The van der Waals surface area contributed by atoms with Crippen LogP contribution in [-0.4, -0.2) is 12.2 Å². The molecule has 2 N–H and O–H groups in total. The molecule has 18 heavy (non-hydrogen) atoms. The molecule has 0 spiro atoms. The molecule has 3 nitrogen and oxygen atoms in total. The van der Waals surface area contributed by atoms with E-state index < -0.39 is 0 Å². The van der Waals surface area contributed by atoms with Crippen LogP contribution in [0.3, 0.4) is 0 Å². The van der Waals surface area contributed by atoms with Crippen molar-refractivity contribution >= 4 is 0 Å². The second-order valence-corrected chi connectivity index (χ2v) is 4.04. The Morgan fingerprint density at radius 2 is 1.78 bits per heavy atom. The van der Waals surface area contributed by atoms with E-state index in [1.165, 1.54) is 0 Å². The number of aliphatic hydroxyl groups excluding tert-OH is 1. The van der Waals surface area contributed by atoms with E-state index in [4.69, 9.17) is 9.84 Å². The first-order valence-corrected chi connectivity index (χ1v) is 5.93. The van der Waals surface area contributed by atoms with Gasteiger partial charge < -0.3 is 15.2 Å². The van der Waals surface area contributed by atoms with Gasteiger partial charge in [-0.1, -0.05) is 30.3 Å². The van der Waals surface area contributed by atoms with Gasteiger partial charge in [-0.3, -0.25) is 0 Å². The Bertz CT molecular complexity index is 494. The van der Waals surface area contributed by atoms with Gasteiger partial charge in [0.15, 0.2) is 0 Å². The zero-order valence-corrected chi connectivity index (χ0v) is 10.4. The molecule has 0 fully saturated rings. The van der Waals surface area contributed by atoms with E-state index in [2.05, 4.69) is 5.32 Å². The van der Waals surface area contributed by atoms with E-state index in [0.717, 1.165) is 29.2 Å². The molecule has 0 aliphatic heterocycles. The molecule has 94 valence electrons. The third-order valence-corrected chi connectivity index (χ3v) is 2.67. The number of rotatable bonds is 5. The fraction of sp³-hybridized carbons (Fsp3) is 0.200. The van der Waals surface area contributed by atoms with Crippen LogP contribution in [0.4, 0.5) is 0 Å². The number of hydrogen-bond acceptors (Lipinski definition) is 3. The highest BCUT2D eigenvalue weighted by Crippen LogP contribution is 2.25. The molecule has 0 aliphatic rings. The summed E-state index contributed by atoms with van der Waals surface area (Å²) < 4.78 is 5.84. The topological polar surface area (TPSA) is 41.5 Å². The molecule has 0 bridgehead atoms. The predicted octanol–water partition coefficient (Wildman–Crippen LogP) is 2.69. The van der Waals surface area contributed by atoms with Crippen molar-refractivity contribution in [3.8, 4) is 11.5 Å². The highest BCUT2D eigenvalue weighted by Gasteiger charge is 2.03. The number of benzene rings is 2. The molecule has 0 heterocycles. The molecule has 0 radical (unpaired) electrons. The van der Waals surface area contributed by atoms with Gasteiger partial charge >= 0.3 is 0 Å². The quantitative estimate of drug-likeness (QED) is 0.848. The van der Waals surface area contributed by atoms with Gasteiger partial charge in [0, 0.05) is 12.1 Å². The van der Waals surface area contributed by atoms with Gasteiger partial charge in [-0.25, -0.2) is 0 Å². The van der Waals surface area contributed by atoms with Crippen LogP contribution in [0, 0.1) is 0 Å². The van der Waals surface area contributed by atoms with Gasteiger partial charge in [-0.05, 0) is 30.8 Å². The van der Waals surface area contributed by atoms with Crippen LogP contribution < -0.4 is 10.1 Å². The molecule has 0 aliphatic carbocycles. The van der Waals surface area contributed by atoms with Crippen LogP contribution in [0.1, 0.15) is 11.1 Å². The van der Waals surface area contributed by atoms with E-state index in [-0.39, 0.29) is 6.61 Å². The zero-order chi connectivity index (χ0) is 12.8. The summed E-state index contributed by atoms with van der Waals surface area (Å²) in [6.07, 6.45) is 0. The molecule has 0 aromatic heterocycles. The Balaban J connectivity index is 2.17. The van der Waals surface area contributed by atoms with Gasteiger partial charge in [-0.15, -0.1) is 0 Å². The van der Waals surface area contributed by atoms with Crippen molar-refractivity contribution < 1.29 is 9.84 Å². The number of ether oxygens (including phenoxy) is 1. The fourth-order valence-electron chi connectivity index (χ4n) is 1.73. The standard InChI is InChI=1S/C15H17NO2/c1-16-10-13-4-2-3-5-15(13)18-14-8-6-12(11-17)7-9-14/h2-9,16-17H,10-11H2,1H3. The van der Waals surface area contributed by atoms with Gasteiger partial charge in [0.2, 0.25) is 0 Å². The lowest BCUT2D eigenvalue weighted by Crippen LogP contribution is -2.06. The average molecular weight is 243 g/mol. The van der Waals surface area contributed by atoms with Crippen molar-refractivity contribution in [2.75, 3.05) is 7.05 Å². The van der Waals surface area contributed by atoms with Crippen molar-refractivity contribution in [3.63, 3.8) is 0 Å². The molecule has 3 heteroatoms. The Hall–Kier alpha value is -1.84. The van der Waals surface area contributed by atoms with Crippen LogP contribution in [0.2, 0.25) is 0 Å². The van der Waals surface area contributed by atoms with Gasteiger partial charge in [0.05, 0.1) is 6.61 Å². The molecule has 2 aromatic carbocycles. The SMILES string of the molecule is CNCc1ccccc1Oc1ccc(CO)cc1. The van der Waals surface area contributed by atoms with Crippen molar-refractivity contribution in [2.45, 2.75) is 13.2 Å². The smallest absolute Gasteiger partial charge is 0.131 e. The second kappa shape index (κ2) is 6.19. The summed E-state index contributed by atoms with van der Waals surface area (Å²) in [5.74, 6) is 1.62. The number of aliphatic hydroxyl groups is 1. The van der Waals surface area contributed by atoms with Crippen LogP contribution in [0.15, 0.2) is 48.5 Å². The van der Waals surface area contributed by atoms with Crippen LogP contribution in [-0.2, 0) is 13.2 Å². The van der Waals surface area contributed by atoms with Crippen LogP contribution >= 0.6 is 0 Å². The summed E-state index contributed by atoms with van der Waals surface area (Å²) >= 11 is 0. The third-order valence-electron chi connectivity index (χ3n) is 2.67. The van der Waals surface area contributed by atoms with E-state index in [1.807, 2.05) is 55.6 Å². The molecule has 0 atom stereocenters. The van der Waals surface area contributed by atoms with Gasteiger partial charge in [-0.2, -0.15) is 0 Å². The molecular formula is C15H17NO2. The molecule has 0 amide bonds. The zero-order valence-electron chi connectivity index (χ0n) is 10.4. The minimum atomic E-state index is 0.0522. The minimum Gasteiger partial charge on any atom is -0.457 e. The van der Waals surface area contributed by atoms with Crippen molar-refractivity contribution in [3.05, 3.63) is 59.7 Å². The predicted molar refractivity (Wildman–Crippen MR) is 71.6 cm³/mol. The number of para-hydroxylation sites is 1. The van der Waals surface area contributed by atoms with Crippen LogP contribution in [0.25, 0.3) is 0 Å². The first kappa shape index (κ1) is 12.6. The Kier molecular flexibility index (Phi) is 4.34. The summed E-state index contributed by atoms with van der Waals surface area (Å²) in [5.41, 5.74) is 2.00. The molecule has 2 aromatic rings.